The number of hydrogen-bond donors (Lipinski definition) is 0. The van der Waals surface area contributed by atoms with Crippen molar-refractivity contribution in [1.29, 1.82) is 0 Å². The molecule has 2 nitrogen and oxygen atoms in total. The van der Waals surface area contributed by atoms with E-state index in [1.165, 1.54) is 0 Å². The monoisotopic (exact) mass is 288 g/mol. The average Bonchev–Trinajstić information content (AvgIpc) is 2.58. The summed E-state index contributed by atoms with van der Waals surface area (Å²) in [7, 11) is -2.88. The predicted octanol–water partition coefficient (Wildman–Crippen LogP) is 2.70. The van der Waals surface area contributed by atoms with Crippen molar-refractivity contribution in [2.45, 2.75) is 22.9 Å². The Morgan fingerprint density at radius 1 is 1.27 bits per heavy atom. The van der Waals surface area contributed by atoms with E-state index in [1.807, 2.05) is 30.3 Å². The maximum Gasteiger partial charge on any atom is 0.154 e. The molecular weight excluding hydrogens is 276 g/mol. The summed E-state index contributed by atoms with van der Waals surface area (Å²) in [6.07, 6.45) is 1.56. The summed E-state index contributed by atoms with van der Waals surface area (Å²) in [5.74, 6) is 0.340. The van der Waals surface area contributed by atoms with Crippen molar-refractivity contribution in [3.05, 3.63) is 35.9 Å². The molecule has 0 amide bonds. The third-order valence-electron chi connectivity index (χ3n) is 2.82. The van der Waals surface area contributed by atoms with Gasteiger partial charge in [-0.2, -0.15) is 0 Å². The second-order valence-corrected chi connectivity index (χ2v) is 7.19. The fraction of sp³-hybridized carbons (Fsp3) is 0.455. The van der Waals surface area contributed by atoms with Gasteiger partial charge in [0.1, 0.15) is 0 Å². The number of alkyl halides is 1. The lowest BCUT2D eigenvalue weighted by Gasteiger charge is -2.16. The van der Waals surface area contributed by atoms with Gasteiger partial charge in [0, 0.05) is 0 Å². The highest BCUT2D eigenvalue weighted by Crippen LogP contribution is 2.37. The van der Waals surface area contributed by atoms with Gasteiger partial charge in [-0.3, -0.25) is 0 Å². The van der Waals surface area contributed by atoms with Gasteiger partial charge in [0.15, 0.2) is 9.84 Å². The minimum absolute atomic E-state index is 0.0637. The summed E-state index contributed by atoms with van der Waals surface area (Å²) >= 11 is 3.51. The molecule has 1 heterocycles. The summed E-state index contributed by atoms with van der Waals surface area (Å²) in [6.45, 7) is 0. The molecule has 2 atom stereocenters. The molecule has 15 heavy (non-hydrogen) atoms. The van der Waals surface area contributed by atoms with E-state index in [0.717, 1.165) is 18.4 Å². The van der Waals surface area contributed by atoms with E-state index < -0.39 is 9.84 Å². The van der Waals surface area contributed by atoms with Crippen molar-refractivity contribution in [1.82, 2.24) is 0 Å². The van der Waals surface area contributed by atoms with Crippen LogP contribution >= 0.6 is 15.9 Å². The van der Waals surface area contributed by atoms with Crippen LogP contribution < -0.4 is 0 Å². The smallest absolute Gasteiger partial charge is 0.154 e. The average molecular weight is 289 g/mol. The molecule has 1 aromatic carbocycles. The number of hydrogen-bond acceptors (Lipinski definition) is 2. The van der Waals surface area contributed by atoms with Crippen LogP contribution in [-0.4, -0.2) is 19.4 Å². The predicted molar refractivity (Wildman–Crippen MR) is 64.9 cm³/mol. The summed E-state index contributed by atoms with van der Waals surface area (Å²) in [5, 5.41) is -0.250. The summed E-state index contributed by atoms with van der Waals surface area (Å²) in [5.41, 5.74) is 1.05. The van der Waals surface area contributed by atoms with E-state index in [0.29, 0.717) is 5.75 Å². The largest absolute Gasteiger partial charge is 0.228 e. The van der Waals surface area contributed by atoms with Gasteiger partial charge in [-0.1, -0.05) is 46.3 Å². The quantitative estimate of drug-likeness (QED) is 0.784. The van der Waals surface area contributed by atoms with Crippen molar-refractivity contribution < 1.29 is 8.42 Å². The van der Waals surface area contributed by atoms with Crippen LogP contribution in [0.5, 0.6) is 0 Å². The molecule has 1 aromatic rings. The Morgan fingerprint density at radius 2 is 1.93 bits per heavy atom. The van der Waals surface area contributed by atoms with E-state index in [-0.39, 0.29) is 10.1 Å². The summed E-state index contributed by atoms with van der Waals surface area (Å²) < 4.78 is 23.5. The van der Waals surface area contributed by atoms with Crippen LogP contribution in [0.2, 0.25) is 0 Å². The summed E-state index contributed by atoms with van der Waals surface area (Å²) in [4.78, 5) is -0.0637. The highest BCUT2D eigenvalue weighted by atomic mass is 79.9. The van der Waals surface area contributed by atoms with Crippen LogP contribution in [-0.2, 0) is 9.84 Å². The molecule has 1 saturated heterocycles. The van der Waals surface area contributed by atoms with Crippen LogP contribution in [0.15, 0.2) is 30.3 Å². The Morgan fingerprint density at radius 3 is 2.47 bits per heavy atom. The molecule has 1 aliphatic rings. The van der Waals surface area contributed by atoms with E-state index in [1.54, 1.807) is 0 Å². The molecule has 0 aromatic heterocycles. The summed E-state index contributed by atoms with van der Waals surface area (Å²) in [6, 6.07) is 9.74. The second-order valence-electron chi connectivity index (χ2n) is 3.86. The lowest BCUT2D eigenvalue weighted by molar-refractivity contribution is 0.588. The first-order chi connectivity index (χ1) is 7.11. The van der Waals surface area contributed by atoms with Crippen molar-refractivity contribution in [2.24, 2.45) is 0 Å². The van der Waals surface area contributed by atoms with Crippen molar-refractivity contribution in [3.8, 4) is 0 Å². The zero-order valence-electron chi connectivity index (χ0n) is 8.27. The standard InChI is InChI=1S/C11H13BrO2S/c12-11(9-5-2-1-3-6-9)10-7-4-8-15(10,13)14/h1-3,5-6,10-11H,4,7-8H2. The fourth-order valence-electron chi connectivity index (χ4n) is 2.00. The Balaban J connectivity index is 2.26. The first kappa shape index (κ1) is 11.1. The molecular formula is C11H13BrO2S. The number of halogens is 1. The first-order valence-electron chi connectivity index (χ1n) is 5.02. The molecule has 1 fully saturated rings. The lowest BCUT2D eigenvalue weighted by atomic mass is 10.1. The highest BCUT2D eigenvalue weighted by Gasteiger charge is 2.36. The van der Waals surface area contributed by atoms with Crippen LogP contribution in [0.25, 0.3) is 0 Å². The van der Waals surface area contributed by atoms with Gasteiger partial charge in [-0.05, 0) is 18.4 Å². The maximum absolute atomic E-state index is 11.7. The molecule has 82 valence electrons. The van der Waals surface area contributed by atoms with Crippen molar-refractivity contribution in [2.75, 3.05) is 5.75 Å². The number of rotatable bonds is 2. The van der Waals surface area contributed by atoms with E-state index in [2.05, 4.69) is 15.9 Å². The molecule has 0 N–H and O–H groups in total. The van der Waals surface area contributed by atoms with Gasteiger partial charge in [0.05, 0.1) is 15.8 Å². The van der Waals surface area contributed by atoms with Crippen LogP contribution in [0, 0.1) is 0 Å². The molecule has 0 radical (unpaired) electrons. The third kappa shape index (κ3) is 2.26. The molecule has 2 unspecified atom stereocenters. The Hall–Kier alpha value is -0.350. The Kier molecular flexibility index (Phi) is 3.16. The van der Waals surface area contributed by atoms with Crippen molar-refractivity contribution >= 4 is 25.8 Å². The van der Waals surface area contributed by atoms with Crippen LogP contribution in [0.1, 0.15) is 23.2 Å². The van der Waals surface area contributed by atoms with Gasteiger partial charge >= 0.3 is 0 Å². The van der Waals surface area contributed by atoms with E-state index in [9.17, 15) is 8.42 Å². The van der Waals surface area contributed by atoms with Gasteiger partial charge in [0.25, 0.3) is 0 Å². The van der Waals surface area contributed by atoms with Gasteiger partial charge in [0.2, 0.25) is 0 Å². The molecule has 0 bridgehead atoms. The van der Waals surface area contributed by atoms with Crippen LogP contribution in [0.3, 0.4) is 0 Å². The lowest BCUT2D eigenvalue weighted by Crippen LogP contribution is -2.20. The number of sulfone groups is 1. The molecule has 1 aliphatic heterocycles. The number of benzene rings is 1. The first-order valence-corrected chi connectivity index (χ1v) is 7.65. The molecule has 0 aliphatic carbocycles. The van der Waals surface area contributed by atoms with E-state index in [4.69, 9.17) is 0 Å². The zero-order valence-corrected chi connectivity index (χ0v) is 10.7. The fourth-order valence-corrected chi connectivity index (χ4v) is 5.47. The zero-order chi connectivity index (χ0) is 10.9. The topological polar surface area (TPSA) is 34.1 Å². The SMILES string of the molecule is O=S1(=O)CCCC1C(Br)c1ccccc1. The Labute approximate surface area is 98.7 Å². The van der Waals surface area contributed by atoms with Gasteiger partial charge < -0.3 is 0 Å². The minimum atomic E-state index is -2.88. The van der Waals surface area contributed by atoms with Crippen molar-refractivity contribution in [3.63, 3.8) is 0 Å². The van der Waals surface area contributed by atoms with Crippen LogP contribution in [0.4, 0.5) is 0 Å². The molecule has 0 spiro atoms. The molecule has 2 rings (SSSR count). The van der Waals surface area contributed by atoms with Gasteiger partial charge in [-0.15, -0.1) is 0 Å². The third-order valence-corrected chi connectivity index (χ3v) is 6.63. The molecule has 0 saturated carbocycles. The highest BCUT2D eigenvalue weighted by molar-refractivity contribution is 9.09. The van der Waals surface area contributed by atoms with E-state index >= 15 is 0 Å². The Bertz CT molecular complexity index is 427. The second kappa shape index (κ2) is 4.26. The molecule has 4 heteroatoms. The normalized spacial score (nSPS) is 26.3. The van der Waals surface area contributed by atoms with Gasteiger partial charge in [-0.25, -0.2) is 8.42 Å². The minimum Gasteiger partial charge on any atom is -0.228 e. The maximum atomic E-state index is 11.7.